The van der Waals surface area contributed by atoms with Crippen LogP contribution in [0.25, 0.3) is 10.8 Å². The molecule has 130 valence electrons. The molecule has 0 bridgehead atoms. The summed E-state index contributed by atoms with van der Waals surface area (Å²) in [5.74, 6) is -0.0305. The number of hydrogen-bond donors (Lipinski definition) is 1. The molecule has 0 aromatic heterocycles. The number of ether oxygens (including phenoxy) is 1. The van der Waals surface area contributed by atoms with Crippen molar-refractivity contribution in [2.75, 3.05) is 5.32 Å². The summed E-state index contributed by atoms with van der Waals surface area (Å²) in [6.07, 6.45) is 0.247. The van der Waals surface area contributed by atoms with E-state index in [1.165, 1.54) is 0 Å². The van der Waals surface area contributed by atoms with Crippen molar-refractivity contribution in [1.82, 2.24) is 0 Å². The Morgan fingerprint density at radius 1 is 1.15 bits per heavy atom. The molecule has 1 unspecified atom stereocenters. The average Bonchev–Trinajstić information content (AvgIpc) is 2.67. The van der Waals surface area contributed by atoms with E-state index in [9.17, 15) is 10.1 Å². The highest BCUT2D eigenvalue weighted by molar-refractivity contribution is 6.30. The summed E-state index contributed by atoms with van der Waals surface area (Å²) in [6, 6.07) is 20.2. The minimum absolute atomic E-state index is 0.247. The number of esters is 1. The summed E-state index contributed by atoms with van der Waals surface area (Å²) in [7, 11) is 0. The van der Waals surface area contributed by atoms with Crippen LogP contribution in [0.1, 0.15) is 24.9 Å². The number of rotatable bonds is 5. The largest absolute Gasteiger partial charge is 0.426 e. The van der Waals surface area contributed by atoms with E-state index in [1.807, 2.05) is 42.5 Å². The Morgan fingerprint density at radius 2 is 1.92 bits per heavy atom. The van der Waals surface area contributed by atoms with E-state index in [2.05, 4.69) is 11.4 Å². The molecule has 0 radical (unpaired) electrons. The maximum Gasteiger partial charge on any atom is 0.310 e. The maximum absolute atomic E-state index is 11.7. The van der Waals surface area contributed by atoms with Crippen molar-refractivity contribution in [1.29, 1.82) is 5.26 Å². The van der Waals surface area contributed by atoms with Crippen molar-refractivity contribution in [2.24, 2.45) is 0 Å². The molecule has 0 aliphatic carbocycles. The van der Waals surface area contributed by atoms with Crippen LogP contribution in [-0.2, 0) is 4.79 Å². The lowest BCUT2D eigenvalue weighted by Gasteiger charge is -2.17. The topological polar surface area (TPSA) is 62.1 Å². The first-order chi connectivity index (χ1) is 12.6. The van der Waals surface area contributed by atoms with Crippen molar-refractivity contribution < 1.29 is 9.53 Å². The van der Waals surface area contributed by atoms with Gasteiger partial charge in [-0.15, -0.1) is 0 Å². The normalized spacial score (nSPS) is 11.6. The van der Waals surface area contributed by atoms with Crippen LogP contribution in [0.5, 0.6) is 5.75 Å². The summed E-state index contributed by atoms with van der Waals surface area (Å²) < 4.78 is 5.35. The molecule has 0 amide bonds. The number of fused-ring (bicyclic) bond motifs is 1. The van der Waals surface area contributed by atoms with E-state index >= 15 is 0 Å². The summed E-state index contributed by atoms with van der Waals surface area (Å²) >= 11 is 6.09. The van der Waals surface area contributed by atoms with Crippen LogP contribution in [0.15, 0.2) is 60.7 Å². The fraction of sp³-hybridized carbons (Fsp3) is 0.143. The van der Waals surface area contributed by atoms with Crippen LogP contribution in [-0.4, -0.2) is 5.97 Å². The van der Waals surface area contributed by atoms with Gasteiger partial charge < -0.3 is 10.1 Å². The molecular weight excluding hydrogens is 348 g/mol. The number of nitrogens with zero attached hydrogens (tertiary/aromatic N) is 1. The Labute approximate surface area is 157 Å². The van der Waals surface area contributed by atoms with Gasteiger partial charge in [0.25, 0.3) is 0 Å². The first-order valence-electron chi connectivity index (χ1n) is 8.26. The first kappa shape index (κ1) is 17.8. The molecule has 0 aliphatic heterocycles. The summed E-state index contributed by atoms with van der Waals surface area (Å²) in [5, 5.41) is 15.5. The number of nitriles is 1. The molecule has 0 fully saturated rings. The molecular formula is C21H17ClN2O2. The van der Waals surface area contributed by atoms with Crippen molar-refractivity contribution in [3.63, 3.8) is 0 Å². The quantitative estimate of drug-likeness (QED) is 0.480. The monoisotopic (exact) mass is 364 g/mol. The second-order valence-electron chi connectivity index (χ2n) is 5.78. The molecule has 4 nitrogen and oxygen atoms in total. The van der Waals surface area contributed by atoms with E-state index in [0.29, 0.717) is 16.3 Å². The zero-order valence-corrected chi connectivity index (χ0v) is 15.0. The minimum atomic E-state index is -0.713. The zero-order valence-electron chi connectivity index (χ0n) is 14.2. The van der Waals surface area contributed by atoms with E-state index in [4.69, 9.17) is 16.3 Å². The highest BCUT2D eigenvalue weighted by Gasteiger charge is 2.18. The van der Waals surface area contributed by atoms with E-state index in [-0.39, 0.29) is 12.4 Å². The standard InChI is InChI=1S/C21H17ClN2O2/c1-2-21(25)26-20-10-8-16(22)12-18(20)19(13-23)24-17-9-7-14-5-3-4-6-15(14)11-17/h3-12,19,24H,2H2,1H3. The summed E-state index contributed by atoms with van der Waals surface area (Å²) in [6.45, 7) is 1.72. The Morgan fingerprint density at radius 3 is 2.65 bits per heavy atom. The van der Waals surface area contributed by atoms with Gasteiger partial charge in [-0.1, -0.05) is 48.9 Å². The molecule has 0 saturated heterocycles. The van der Waals surface area contributed by atoms with Gasteiger partial charge >= 0.3 is 5.97 Å². The first-order valence-corrected chi connectivity index (χ1v) is 8.63. The smallest absolute Gasteiger partial charge is 0.310 e. The summed E-state index contributed by atoms with van der Waals surface area (Å²) in [4.78, 5) is 11.7. The summed E-state index contributed by atoms with van der Waals surface area (Å²) in [5.41, 5.74) is 1.32. The third-order valence-corrected chi connectivity index (χ3v) is 4.22. The molecule has 1 N–H and O–H groups in total. The lowest BCUT2D eigenvalue weighted by molar-refractivity contribution is -0.134. The fourth-order valence-corrected chi connectivity index (χ4v) is 2.84. The Bertz CT molecular complexity index is 995. The lowest BCUT2D eigenvalue weighted by atomic mass is 10.1. The van der Waals surface area contributed by atoms with Gasteiger partial charge in [-0.25, -0.2) is 0 Å². The van der Waals surface area contributed by atoms with E-state index in [1.54, 1.807) is 25.1 Å². The van der Waals surface area contributed by atoms with Crippen molar-refractivity contribution in [3.8, 4) is 11.8 Å². The van der Waals surface area contributed by atoms with Crippen LogP contribution in [0.4, 0.5) is 5.69 Å². The number of halogens is 1. The fourth-order valence-electron chi connectivity index (χ4n) is 2.66. The zero-order chi connectivity index (χ0) is 18.5. The molecule has 0 spiro atoms. The molecule has 0 saturated carbocycles. The van der Waals surface area contributed by atoms with Gasteiger partial charge in [0.2, 0.25) is 0 Å². The van der Waals surface area contributed by atoms with Gasteiger partial charge in [-0.2, -0.15) is 5.26 Å². The highest BCUT2D eigenvalue weighted by Crippen LogP contribution is 2.31. The third-order valence-electron chi connectivity index (χ3n) is 3.98. The Kier molecular flexibility index (Phi) is 5.40. The van der Waals surface area contributed by atoms with Crippen molar-refractivity contribution in [2.45, 2.75) is 19.4 Å². The lowest BCUT2D eigenvalue weighted by Crippen LogP contribution is -2.13. The Balaban J connectivity index is 1.94. The van der Waals surface area contributed by atoms with Crippen LogP contribution in [0.2, 0.25) is 5.02 Å². The number of nitrogens with one attached hydrogen (secondary N) is 1. The van der Waals surface area contributed by atoms with Gasteiger partial charge in [-0.05, 0) is 41.1 Å². The predicted octanol–water partition coefficient (Wildman–Crippen LogP) is 5.49. The number of benzene rings is 3. The van der Waals surface area contributed by atoms with Gasteiger partial charge in [0.05, 0.1) is 6.07 Å². The van der Waals surface area contributed by atoms with Crippen molar-refractivity contribution in [3.05, 3.63) is 71.2 Å². The molecule has 0 aliphatic rings. The highest BCUT2D eigenvalue weighted by atomic mass is 35.5. The maximum atomic E-state index is 11.7. The number of carbonyl (C=O) groups excluding carboxylic acids is 1. The van der Waals surface area contributed by atoms with Gasteiger partial charge in [0.15, 0.2) is 0 Å². The van der Waals surface area contributed by atoms with Gasteiger partial charge in [0.1, 0.15) is 11.8 Å². The molecule has 3 aromatic rings. The van der Waals surface area contributed by atoms with Crippen LogP contribution in [0, 0.1) is 11.3 Å². The predicted molar refractivity (Wildman–Crippen MR) is 103 cm³/mol. The Hall–Kier alpha value is -3.03. The van der Waals surface area contributed by atoms with Crippen LogP contribution < -0.4 is 10.1 Å². The number of hydrogen-bond acceptors (Lipinski definition) is 4. The molecule has 0 heterocycles. The van der Waals surface area contributed by atoms with Crippen molar-refractivity contribution >= 4 is 34.0 Å². The van der Waals surface area contributed by atoms with Gasteiger partial charge in [0, 0.05) is 22.7 Å². The number of anilines is 1. The minimum Gasteiger partial charge on any atom is -0.426 e. The molecule has 3 aromatic carbocycles. The van der Waals surface area contributed by atoms with Crippen LogP contribution >= 0.6 is 11.6 Å². The average molecular weight is 365 g/mol. The second-order valence-corrected chi connectivity index (χ2v) is 6.21. The third kappa shape index (κ3) is 3.96. The molecule has 26 heavy (non-hydrogen) atoms. The van der Waals surface area contributed by atoms with Gasteiger partial charge in [-0.3, -0.25) is 4.79 Å². The van der Waals surface area contributed by atoms with Crippen LogP contribution in [0.3, 0.4) is 0 Å². The molecule has 3 rings (SSSR count). The van der Waals surface area contributed by atoms with E-state index < -0.39 is 6.04 Å². The molecule has 1 atom stereocenters. The van der Waals surface area contributed by atoms with E-state index in [0.717, 1.165) is 16.5 Å². The SMILES string of the molecule is CCC(=O)Oc1ccc(Cl)cc1C(C#N)Nc1ccc2ccccc2c1. The number of carbonyl (C=O) groups is 1. The molecule has 5 heteroatoms. The second kappa shape index (κ2) is 7.90.